The molecule has 4 nitrogen and oxygen atoms in total. The maximum absolute atomic E-state index is 10.2. The molecule has 0 aromatic rings. The number of rotatable bonds is 4. The number of carboxylic acid groups (broad SMARTS) is 1. The van der Waals surface area contributed by atoms with Gasteiger partial charge in [-0.05, 0) is 18.8 Å². The first-order chi connectivity index (χ1) is 6.08. The molecular weight excluding hydrogens is 170 g/mol. The monoisotopic (exact) mass is 185 g/mol. The lowest BCUT2D eigenvalue weighted by Crippen LogP contribution is -2.35. The van der Waals surface area contributed by atoms with Crippen molar-refractivity contribution in [1.29, 1.82) is 0 Å². The molecule has 0 saturated heterocycles. The zero-order chi connectivity index (χ0) is 9.84. The van der Waals surface area contributed by atoms with Gasteiger partial charge in [0.05, 0.1) is 6.10 Å². The summed E-state index contributed by atoms with van der Waals surface area (Å²) in [6, 6.07) is 0. The Bertz CT molecular complexity index is 209. The van der Waals surface area contributed by atoms with Crippen LogP contribution in [-0.4, -0.2) is 40.8 Å². The third kappa shape index (κ3) is 3.46. The summed E-state index contributed by atoms with van der Waals surface area (Å²) in [7, 11) is 1.84. The fourth-order valence-corrected chi connectivity index (χ4v) is 1.51. The molecule has 0 aromatic carbocycles. The lowest BCUT2D eigenvalue weighted by molar-refractivity contribution is -0.131. The van der Waals surface area contributed by atoms with E-state index in [1.54, 1.807) is 6.20 Å². The standard InChI is InChI=1S/C9H15NO3/c1-10(3-2-9(12)13)6-7-4-8(11)5-7/h2-3,7-8,11H,4-6H2,1H3,(H,12,13). The molecule has 0 atom stereocenters. The Morgan fingerprint density at radius 3 is 2.69 bits per heavy atom. The van der Waals surface area contributed by atoms with E-state index in [0.29, 0.717) is 5.92 Å². The van der Waals surface area contributed by atoms with E-state index in [9.17, 15) is 4.79 Å². The molecule has 13 heavy (non-hydrogen) atoms. The van der Waals surface area contributed by atoms with Crippen LogP contribution in [0.3, 0.4) is 0 Å². The number of nitrogens with zero attached hydrogens (tertiary/aromatic N) is 1. The van der Waals surface area contributed by atoms with Gasteiger partial charge >= 0.3 is 5.97 Å². The Labute approximate surface area is 77.5 Å². The van der Waals surface area contributed by atoms with Crippen molar-refractivity contribution in [2.24, 2.45) is 5.92 Å². The largest absolute Gasteiger partial charge is 0.478 e. The van der Waals surface area contributed by atoms with Gasteiger partial charge in [-0.2, -0.15) is 0 Å². The topological polar surface area (TPSA) is 60.8 Å². The lowest BCUT2D eigenvalue weighted by Gasteiger charge is -2.33. The van der Waals surface area contributed by atoms with Gasteiger partial charge in [-0.15, -0.1) is 0 Å². The van der Waals surface area contributed by atoms with E-state index in [-0.39, 0.29) is 6.10 Å². The summed E-state index contributed by atoms with van der Waals surface area (Å²) in [5.41, 5.74) is 0. The molecule has 0 unspecified atom stereocenters. The van der Waals surface area contributed by atoms with E-state index in [0.717, 1.165) is 25.5 Å². The van der Waals surface area contributed by atoms with Gasteiger partial charge in [0.2, 0.25) is 0 Å². The molecule has 0 amide bonds. The van der Waals surface area contributed by atoms with Crippen LogP contribution in [0.1, 0.15) is 12.8 Å². The van der Waals surface area contributed by atoms with E-state index >= 15 is 0 Å². The highest BCUT2D eigenvalue weighted by Gasteiger charge is 2.27. The van der Waals surface area contributed by atoms with Crippen molar-refractivity contribution in [2.45, 2.75) is 18.9 Å². The molecule has 1 rings (SSSR count). The van der Waals surface area contributed by atoms with Crippen molar-refractivity contribution in [1.82, 2.24) is 4.90 Å². The van der Waals surface area contributed by atoms with Crippen molar-refractivity contribution in [3.05, 3.63) is 12.3 Å². The number of carboxylic acids is 1. The van der Waals surface area contributed by atoms with Gasteiger partial charge in [0.1, 0.15) is 0 Å². The Morgan fingerprint density at radius 1 is 1.62 bits per heavy atom. The minimum Gasteiger partial charge on any atom is -0.478 e. The number of hydrogen-bond acceptors (Lipinski definition) is 3. The van der Waals surface area contributed by atoms with Crippen LogP contribution in [0.25, 0.3) is 0 Å². The summed E-state index contributed by atoms with van der Waals surface area (Å²) in [4.78, 5) is 12.0. The van der Waals surface area contributed by atoms with Crippen LogP contribution in [0.2, 0.25) is 0 Å². The van der Waals surface area contributed by atoms with Crippen molar-refractivity contribution in [2.75, 3.05) is 13.6 Å². The Hall–Kier alpha value is -1.03. The fourth-order valence-electron chi connectivity index (χ4n) is 1.51. The SMILES string of the molecule is CN(C=CC(=O)O)CC1CC(O)C1. The van der Waals surface area contributed by atoms with Crippen LogP contribution in [-0.2, 0) is 4.79 Å². The number of aliphatic carboxylic acids is 1. The first kappa shape index (κ1) is 10.1. The highest BCUT2D eigenvalue weighted by atomic mass is 16.4. The predicted octanol–water partition coefficient (Wildman–Crippen LogP) is 0.287. The van der Waals surface area contributed by atoms with Crippen LogP contribution < -0.4 is 0 Å². The minimum absolute atomic E-state index is 0.137. The van der Waals surface area contributed by atoms with Gasteiger partial charge in [0.15, 0.2) is 0 Å². The highest BCUT2D eigenvalue weighted by molar-refractivity contribution is 5.79. The van der Waals surface area contributed by atoms with Crippen molar-refractivity contribution >= 4 is 5.97 Å². The summed E-state index contributed by atoms with van der Waals surface area (Å²) >= 11 is 0. The molecule has 1 saturated carbocycles. The Kier molecular flexibility index (Phi) is 3.31. The Morgan fingerprint density at radius 2 is 2.23 bits per heavy atom. The quantitative estimate of drug-likeness (QED) is 0.618. The normalized spacial score (nSPS) is 27.2. The van der Waals surface area contributed by atoms with Gasteiger partial charge < -0.3 is 15.1 Å². The van der Waals surface area contributed by atoms with Gasteiger partial charge in [-0.1, -0.05) is 0 Å². The van der Waals surface area contributed by atoms with Gasteiger partial charge in [-0.3, -0.25) is 0 Å². The zero-order valence-electron chi connectivity index (χ0n) is 7.68. The number of aliphatic hydroxyl groups excluding tert-OH is 1. The number of hydrogen-bond donors (Lipinski definition) is 2. The molecule has 0 aliphatic heterocycles. The van der Waals surface area contributed by atoms with Gasteiger partial charge in [0.25, 0.3) is 0 Å². The summed E-state index contributed by atoms with van der Waals surface area (Å²) in [6.45, 7) is 0.820. The molecular formula is C9H15NO3. The summed E-state index contributed by atoms with van der Waals surface area (Å²) in [5, 5.41) is 17.4. The van der Waals surface area contributed by atoms with E-state index in [2.05, 4.69) is 0 Å². The minimum atomic E-state index is -0.930. The molecule has 0 radical (unpaired) electrons. The maximum atomic E-state index is 10.2. The fraction of sp³-hybridized carbons (Fsp3) is 0.667. The van der Waals surface area contributed by atoms with Crippen LogP contribution in [0.4, 0.5) is 0 Å². The number of carbonyl (C=O) groups is 1. The molecule has 0 aromatic heterocycles. The van der Waals surface area contributed by atoms with E-state index < -0.39 is 5.97 Å². The number of aliphatic hydroxyl groups is 1. The van der Waals surface area contributed by atoms with Crippen molar-refractivity contribution in [3.8, 4) is 0 Å². The Balaban J connectivity index is 2.18. The van der Waals surface area contributed by atoms with Gasteiger partial charge in [-0.25, -0.2) is 4.79 Å². The average Bonchev–Trinajstić information content (AvgIpc) is 1.98. The van der Waals surface area contributed by atoms with Crippen molar-refractivity contribution in [3.63, 3.8) is 0 Å². The summed E-state index contributed by atoms with van der Waals surface area (Å²) in [6.07, 6.45) is 4.21. The molecule has 74 valence electrons. The molecule has 1 aliphatic rings. The molecule has 0 bridgehead atoms. The molecule has 2 N–H and O–H groups in total. The second-order valence-electron chi connectivity index (χ2n) is 3.58. The summed E-state index contributed by atoms with van der Waals surface area (Å²) in [5.74, 6) is -0.418. The second kappa shape index (κ2) is 4.28. The van der Waals surface area contributed by atoms with Crippen LogP contribution >= 0.6 is 0 Å². The maximum Gasteiger partial charge on any atom is 0.329 e. The molecule has 1 aliphatic carbocycles. The van der Waals surface area contributed by atoms with Crippen LogP contribution in [0.5, 0.6) is 0 Å². The lowest BCUT2D eigenvalue weighted by atomic mass is 9.82. The second-order valence-corrected chi connectivity index (χ2v) is 3.58. The van der Waals surface area contributed by atoms with Crippen LogP contribution in [0.15, 0.2) is 12.3 Å². The average molecular weight is 185 g/mol. The molecule has 0 heterocycles. The van der Waals surface area contributed by atoms with Gasteiger partial charge in [0, 0.05) is 25.9 Å². The molecule has 4 heteroatoms. The molecule has 0 spiro atoms. The van der Waals surface area contributed by atoms with E-state index in [1.807, 2.05) is 11.9 Å². The molecule has 1 fully saturated rings. The first-order valence-electron chi connectivity index (χ1n) is 4.37. The van der Waals surface area contributed by atoms with E-state index in [4.69, 9.17) is 10.2 Å². The van der Waals surface area contributed by atoms with Crippen LogP contribution in [0, 0.1) is 5.92 Å². The third-order valence-corrected chi connectivity index (χ3v) is 2.23. The summed E-state index contributed by atoms with van der Waals surface area (Å²) < 4.78 is 0. The third-order valence-electron chi connectivity index (χ3n) is 2.23. The van der Waals surface area contributed by atoms with E-state index in [1.165, 1.54) is 0 Å². The predicted molar refractivity (Wildman–Crippen MR) is 48.1 cm³/mol. The van der Waals surface area contributed by atoms with Crippen molar-refractivity contribution < 1.29 is 15.0 Å². The smallest absolute Gasteiger partial charge is 0.329 e. The highest BCUT2D eigenvalue weighted by Crippen LogP contribution is 2.27. The zero-order valence-corrected chi connectivity index (χ0v) is 7.68. The first-order valence-corrected chi connectivity index (χ1v) is 4.37.